The molecule has 0 unspecified atom stereocenters. The Morgan fingerprint density at radius 3 is 2.58 bits per heavy atom. The second-order valence-electron chi connectivity index (χ2n) is 2.09. The summed E-state index contributed by atoms with van der Waals surface area (Å²) >= 11 is 8.58. The zero-order valence-corrected chi connectivity index (χ0v) is 8.06. The maximum Gasteiger partial charge on any atom is 0.339 e. The first kappa shape index (κ1) is 9.35. The van der Waals surface area contributed by atoms with Crippen molar-refractivity contribution >= 4 is 33.5 Å². The number of rotatable bonds is 1. The van der Waals surface area contributed by atoms with E-state index in [1.807, 2.05) is 0 Å². The maximum atomic E-state index is 10.5. The van der Waals surface area contributed by atoms with E-state index < -0.39 is 11.7 Å². The standard InChI is InChI=1S/C7H4BrClO3/c8-3-1-4(7(11)12)6(10)5(9)2-3/h1-2,10H,(H,11,12). The Kier molecular flexibility index (Phi) is 2.59. The highest BCUT2D eigenvalue weighted by molar-refractivity contribution is 9.10. The molecule has 0 aliphatic carbocycles. The number of benzene rings is 1. The van der Waals surface area contributed by atoms with Crippen LogP contribution in [0.4, 0.5) is 0 Å². The molecule has 5 heteroatoms. The van der Waals surface area contributed by atoms with E-state index in [-0.39, 0.29) is 10.6 Å². The summed E-state index contributed by atoms with van der Waals surface area (Å²) in [5.41, 5.74) is -0.214. The third-order valence-electron chi connectivity index (χ3n) is 1.26. The van der Waals surface area contributed by atoms with Gasteiger partial charge in [0.05, 0.1) is 5.02 Å². The first-order valence-electron chi connectivity index (χ1n) is 2.93. The number of aromatic carboxylic acids is 1. The second-order valence-corrected chi connectivity index (χ2v) is 3.41. The number of hydrogen-bond donors (Lipinski definition) is 2. The van der Waals surface area contributed by atoms with Crippen LogP contribution in [0.2, 0.25) is 5.02 Å². The first-order valence-corrected chi connectivity index (χ1v) is 4.10. The van der Waals surface area contributed by atoms with Gasteiger partial charge in [-0.3, -0.25) is 0 Å². The van der Waals surface area contributed by atoms with Crippen LogP contribution in [-0.4, -0.2) is 16.2 Å². The normalized spacial score (nSPS) is 9.83. The summed E-state index contributed by atoms with van der Waals surface area (Å²) in [4.78, 5) is 10.5. The molecule has 0 saturated heterocycles. The van der Waals surface area contributed by atoms with Crippen molar-refractivity contribution < 1.29 is 15.0 Å². The first-order chi connectivity index (χ1) is 5.52. The molecule has 0 atom stereocenters. The monoisotopic (exact) mass is 250 g/mol. The highest BCUT2D eigenvalue weighted by Gasteiger charge is 2.13. The van der Waals surface area contributed by atoms with Crippen LogP contribution >= 0.6 is 27.5 Å². The van der Waals surface area contributed by atoms with E-state index in [9.17, 15) is 4.79 Å². The zero-order valence-electron chi connectivity index (χ0n) is 5.71. The second kappa shape index (κ2) is 3.33. The van der Waals surface area contributed by atoms with Gasteiger partial charge in [0.25, 0.3) is 0 Å². The number of carboxylic acid groups (broad SMARTS) is 1. The number of carbonyl (C=O) groups is 1. The van der Waals surface area contributed by atoms with E-state index in [2.05, 4.69) is 15.9 Å². The number of aromatic hydroxyl groups is 1. The third kappa shape index (κ3) is 1.70. The van der Waals surface area contributed by atoms with Gasteiger partial charge in [-0.05, 0) is 12.1 Å². The molecule has 1 aromatic carbocycles. The van der Waals surface area contributed by atoms with Gasteiger partial charge in [-0.1, -0.05) is 27.5 Å². The van der Waals surface area contributed by atoms with E-state index in [1.54, 1.807) is 0 Å². The lowest BCUT2D eigenvalue weighted by molar-refractivity contribution is 0.0693. The molecule has 1 rings (SSSR count). The van der Waals surface area contributed by atoms with Crippen molar-refractivity contribution in [1.82, 2.24) is 0 Å². The Morgan fingerprint density at radius 1 is 1.50 bits per heavy atom. The van der Waals surface area contributed by atoms with Gasteiger partial charge >= 0.3 is 5.97 Å². The lowest BCUT2D eigenvalue weighted by atomic mass is 10.2. The van der Waals surface area contributed by atoms with Crippen LogP contribution < -0.4 is 0 Å². The smallest absolute Gasteiger partial charge is 0.339 e. The van der Waals surface area contributed by atoms with Crippen molar-refractivity contribution in [3.05, 3.63) is 27.2 Å². The van der Waals surface area contributed by atoms with Crippen molar-refractivity contribution in [2.75, 3.05) is 0 Å². The van der Waals surface area contributed by atoms with Crippen molar-refractivity contribution in [2.45, 2.75) is 0 Å². The Balaban J connectivity index is 3.37. The number of phenols is 1. The molecule has 0 bridgehead atoms. The van der Waals surface area contributed by atoms with Crippen LogP contribution in [0.15, 0.2) is 16.6 Å². The molecule has 0 fully saturated rings. The highest BCUT2D eigenvalue weighted by Crippen LogP contribution is 2.30. The van der Waals surface area contributed by atoms with Crippen LogP contribution in [0.25, 0.3) is 0 Å². The SMILES string of the molecule is O=C(O)c1cc(Br)cc(Cl)c1O. The predicted molar refractivity (Wildman–Crippen MR) is 47.8 cm³/mol. The Labute approximate surface area is 81.7 Å². The summed E-state index contributed by atoms with van der Waals surface area (Å²) in [6.07, 6.45) is 0. The van der Waals surface area contributed by atoms with E-state index in [1.165, 1.54) is 12.1 Å². The van der Waals surface area contributed by atoms with Crippen molar-refractivity contribution in [2.24, 2.45) is 0 Å². The van der Waals surface area contributed by atoms with Crippen LogP contribution in [0.3, 0.4) is 0 Å². The minimum absolute atomic E-state index is 0.0155. The average molecular weight is 251 g/mol. The molecule has 12 heavy (non-hydrogen) atoms. The molecule has 1 aromatic rings. The van der Waals surface area contributed by atoms with Gasteiger partial charge in [0.15, 0.2) is 0 Å². The fourth-order valence-electron chi connectivity index (χ4n) is 0.729. The summed E-state index contributed by atoms with van der Waals surface area (Å²) in [5.74, 6) is -1.62. The third-order valence-corrected chi connectivity index (χ3v) is 2.00. The summed E-state index contributed by atoms with van der Waals surface area (Å²) in [6, 6.07) is 2.70. The average Bonchev–Trinajstić information content (AvgIpc) is 1.96. The Hall–Kier alpha value is -0.740. The van der Waals surface area contributed by atoms with E-state index >= 15 is 0 Å². The zero-order chi connectivity index (χ0) is 9.30. The molecule has 0 aromatic heterocycles. The molecule has 3 nitrogen and oxygen atoms in total. The highest BCUT2D eigenvalue weighted by atomic mass is 79.9. The van der Waals surface area contributed by atoms with Gasteiger partial charge < -0.3 is 10.2 Å². The lowest BCUT2D eigenvalue weighted by Gasteiger charge is -2.01. The molecule has 2 N–H and O–H groups in total. The lowest BCUT2D eigenvalue weighted by Crippen LogP contribution is -1.96. The fourth-order valence-corrected chi connectivity index (χ4v) is 1.54. The Bertz CT molecular complexity index is 338. The molecule has 0 radical (unpaired) electrons. The topological polar surface area (TPSA) is 57.5 Å². The van der Waals surface area contributed by atoms with Crippen LogP contribution in [-0.2, 0) is 0 Å². The minimum Gasteiger partial charge on any atom is -0.505 e. The van der Waals surface area contributed by atoms with Gasteiger partial charge in [-0.15, -0.1) is 0 Å². The summed E-state index contributed by atoms with van der Waals surface area (Å²) in [5, 5.41) is 17.7. The molecular formula is C7H4BrClO3. The molecule has 0 amide bonds. The summed E-state index contributed by atoms with van der Waals surface area (Å²) in [7, 11) is 0. The van der Waals surface area contributed by atoms with Crippen molar-refractivity contribution in [3.63, 3.8) is 0 Å². The van der Waals surface area contributed by atoms with Gasteiger partial charge in [-0.25, -0.2) is 4.79 Å². The molecular weight excluding hydrogens is 247 g/mol. The molecule has 0 saturated carbocycles. The quantitative estimate of drug-likeness (QED) is 0.806. The van der Waals surface area contributed by atoms with Crippen LogP contribution in [0.5, 0.6) is 5.75 Å². The number of hydrogen-bond acceptors (Lipinski definition) is 2. The summed E-state index contributed by atoms with van der Waals surface area (Å²) in [6.45, 7) is 0. The fraction of sp³-hybridized carbons (Fsp3) is 0. The molecule has 0 aliphatic heterocycles. The Morgan fingerprint density at radius 2 is 2.08 bits per heavy atom. The van der Waals surface area contributed by atoms with Crippen LogP contribution in [0, 0.1) is 0 Å². The summed E-state index contributed by atoms with van der Waals surface area (Å²) < 4.78 is 0.516. The molecule has 64 valence electrons. The van der Waals surface area contributed by atoms with Gasteiger partial charge in [-0.2, -0.15) is 0 Å². The van der Waals surface area contributed by atoms with Gasteiger partial charge in [0.2, 0.25) is 0 Å². The van der Waals surface area contributed by atoms with Crippen LogP contribution in [0.1, 0.15) is 10.4 Å². The van der Waals surface area contributed by atoms with Crippen molar-refractivity contribution in [3.8, 4) is 5.75 Å². The van der Waals surface area contributed by atoms with E-state index in [0.717, 1.165) is 0 Å². The van der Waals surface area contributed by atoms with Gasteiger partial charge in [0.1, 0.15) is 11.3 Å². The molecule has 0 aliphatic rings. The maximum absolute atomic E-state index is 10.5. The van der Waals surface area contributed by atoms with E-state index in [0.29, 0.717) is 4.47 Å². The van der Waals surface area contributed by atoms with E-state index in [4.69, 9.17) is 21.8 Å². The van der Waals surface area contributed by atoms with Crippen molar-refractivity contribution in [1.29, 1.82) is 0 Å². The minimum atomic E-state index is -1.21. The molecule has 0 heterocycles. The number of halogens is 2. The number of carboxylic acids is 1. The largest absolute Gasteiger partial charge is 0.505 e. The molecule has 0 spiro atoms. The predicted octanol–water partition coefficient (Wildman–Crippen LogP) is 2.51. The van der Waals surface area contributed by atoms with Gasteiger partial charge in [0, 0.05) is 4.47 Å².